The highest BCUT2D eigenvalue weighted by atomic mass is 19.1. The Morgan fingerprint density at radius 3 is 3.00 bits per heavy atom. The highest BCUT2D eigenvalue weighted by Gasteiger charge is 2.38. The number of hydrogen-bond donors (Lipinski definition) is 2. The quantitative estimate of drug-likeness (QED) is 0.704. The summed E-state index contributed by atoms with van der Waals surface area (Å²) in [7, 11) is 0. The molecule has 1 aliphatic heterocycles. The van der Waals surface area contributed by atoms with Gasteiger partial charge in [0.25, 0.3) is 0 Å². The van der Waals surface area contributed by atoms with Gasteiger partial charge >= 0.3 is 0 Å². The van der Waals surface area contributed by atoms with Gasteiger partial charge in [-0.1, -0.05) is 0 Å². The molecule has 0 saturated carbocycles. The number of imidazole rings is 1. The predicted molar refractivity (Wildman–Crippen MR) is 55.6 cm³/mol. The monoisotopic (exact) mass is 239 g/mol. The maximum absolute atomic E-state index is 13.7. The van der Waals surface area contributed by atoms with Gasteiger partial charge in [-0.05, 0) is 0 Å². The summed E-state index contributed by atoms with van der Waals surface area (Å²) in [5.74, 6) is 0.225. The Kier molecular flexibility index (Phi) is 2.20. The van der Waals surface area contributed by atoms with Crippen LogP contribution in [0, 0.1) is 0 Å². The lowest BCUT2D eigenvalue weighted by molar-refractivity contribution is 0.0237. The van der Waals surface area contributed by atoms with Crippen LogP contribution >= 0.6 is 0 Å². The molecule has 0 bridgehead atoms. The molecule has 2 aromatic heterocycles. The largest absolute Gasteiger partial charge is 0.387 e. The molecule has 3 atom stereocenters. The fourth-order valence-electron chi connectivity index (χ4n) is 1.86. The van der Waals surface area contributed by atoms with Crippen LogP contribution in [0.1, 0.15) is 6.23 Å². The molecular weight excluding hydrogens is 229 g/mol. The Labute approximate surface area is 95.1 Å². The van der Waals surface area contributed by atoms with Crippen LogP contribution in [0.15, 0.2) is 12.7 Å². The molecule has 2 aromatic rings. The van der Waals surface area contributed by atoms with Crippen molar-refractivity contribution in [1.29, 1.82) is 0 Å². The molecule has 8 heteroatoms. The van der Waals surface area contributed by atoms with Gasteiger partial charge in [0.2, 0.25) is 0 Å². The first-order valence-electron chi connectivity index (χ1n) is 5.05. The van der Waals surface area contributed by atoms with E-state index in [1.54, 1.807) is 0 Å². The molecule has 7 nitrogen and oxygen atoms in total. The summed E-state index contributed by atoms with van der Waals surface area (Å²) in [6.07, 6.45) is -0.913. The number of fused-ring (bicyclic) bond motifs is 1. The Balaban J connectivity index is 2.10. The molecule has 1 aliphatic rings. The van der Waals surface area contributed by atoms with Crippen molar-refractivity contribution in [3.8, 4) is 0 Å². The summed E-state index contributed by atoms with van der Waals surface area (Å²) < 4.78 is 20.3. The smallest absolute Gasteiger partial charge is 0.173 e. The van der Waals surface area contributed by atoms with E-state index in [1.165, 1.54) is 17.2 Å². The fourth-order valence-corrected chi connectivity index (χ4v) is 1.86. The molecule has 0 aromatic carbocycles. The van der Waals surface area contributed by atoms with Gasteiger partial charge in [0.15, 0.2) is 23.9 Å². The van der Waals surface area contributed by atoms with Gasteiger partial charge < -0.3 is 15.6 Å². The van der Waals surface area contributed by atoms with Gasteiger partial charge in [-0.25, -0.2) is 19.3 Å². The second-order valence-corrected chi connectivity index (χ2v) is 3.82. The van der Waals surface area contributed by atoms with E-state index in [-0.39, 0.29) is 12.4 Å². The van der Waals surface area contributed by atoms with Crippen LogP contribution in [0.4, 0.5) is 10.2 Å². The topological polar surface area (TPSA) is 99.1 Å². The normalized spacial score (nSPS) is 28.9. The molecular formula is C9H10FN5O2. The first-order chi connectivity index (χ1) is 8.18. The molecule has 0 unspecified atom stereocenters. The predicted octanol–water partition coefficient (Wildman–Crippen LogP) is -0.364. The standard InChI is InChI=1S/C9H10FN5O2/c10-5-4(16)1-17-9(5)15-3-14-6-7(11)12-2-13-8(6)15/h2-5,9,16H,1H2,(H2,11,12,13)/t4-,5+,9-/m1/s1. The van der Waals surface area contributed by atoms with Gasteiger partial charge in [0, 0.05) is 0 Å². The van der Waals surface area contributed by atoms with Crippen LogP contribution in [-0.4, -0.2) is 43.5 Å². The number of aliphatic hydroxyl groups is 1. The minimum atomic E-state index is -1.51. The molecule has 90 valence electrons. The molecule has 0 aliphatic carbocycles. The molecule has 3 N–H and O–H groups in total. The molecule has 1 saturated heterocycles. The van der Waals surface area contributed by atoms with Crippen LogP contribution in [-0.2, 0) is 4.74 Å². The third-order valence-electron chi connectivity index (χ3n) is 2.74. The number of alkyl halides is 1. The number of aliphatic hydroxyl groups excluding tert-OH is 1. The Bertz CT molecular complexity index is 559. The molecule has 0 spiro atoms. The van der Waals surface area contributed by atoms with E-state index in [1.807, 2.05) is 0 Å². The average Bonchev–Trinajstić information content (AvgIpc) is 2.86. The van der Waals surface area contributed by atoms with Gasteiger partial charge in [-0.3, -0.25) is 4.57 Å². The van der Waals surface area contributed by atoms with E-state index in [0.29, 0.717) is 11.2 Å². The number of hydrogen-bond acceptors (Lipinski definition) is 6. The summed E-state index contributed by atoms with van der Waals surface area (Å²) in [4.78, 5) is 11.8. The molecule has 1 fully saturated rings. The minimum Gasteiger partial charge on any atom is -0.387 e. The number of nitrogen functional groups attached to an aromatic ring is 1. The van der Waals surface area contributed by atoms with Crippen molar-refractivity contribution in [1.82, 2.24) is 19.5 Å². The lowest BCUT2D eigenvalue weighted by Gasteiger charge is -2.14. The van der Waals surface area contributed by atoms with Crippen molar-refractivity contribution in [2.45, 2.75) is 18.5 Å². The molecule has 3 rings (SSSR count). The number of ether oxygens (including phenoxy) is 1. The van der Waals surface area contributed by atoms with Crippen LogP contribution in [0.5, 0.6) is 0 Å². The Morgan fingerprint density at radius 1 is 1.47 bits per heavy atom. The molecule has 3 heterocycles. The van der Waals surface area contributed by atoms with Gasteiger partial charge in [0.1, 0.15) is 17.9 Å². The van der Waals surface area contributed by atoms with Crippen molar-refractivity contribution in [2.24, 2.45) is 0 Å². The molecule has 0 radical (unpaired) electrons. The number of aromatic nitrogens is 4. The van der Waals surface area contributed by atoms with Gasteiger partial charge in [-0.15, -0.1) is 0 Å². The number of nitrogens with two attached hydrogens (primary N) is 1. The van der Waals surface area contributed by atoms with Crippen molar-refractivity contribution >= 4 is 17.0 Å². The summed E-state index contributed by atoms with van der Waals surface area (Å²) >= 11 is 0. The zero-order valence-electron chi connectivity index (χ0n) is 8.69. The Morgan fingerprint density at radius 2 is 2.29 bits per heavy atom. The Hall–Kier alpha value is -1.80. The zero-order chi connectivity index (χ0) is 12.0. The SMILES string of the molecule is Nc1ncnc2c1ncn2[C@@H]1OC[C@@H](O)[C@@H]1F. The third kappa shape index (κ3) is 1.45. The van der Waals surface area contributed by atoms with E-state index in [4.69, 9.17) is 10.5 Å². The van der Waals surface area contributed by atoms with Crippen molar-refractivity contribution in [3.63, 3.8) is 0 Å². The van der Waals surface area contributed by atoms with Crippen LogP contribution < -0.4 is 5.73 Å². The lowest BCUT2D eigenvalue weighted by atomic mass is 10.2. The minimum absolute atomic E-state index is 0.0495. The van der Waals surface area contributed by atoms with Crippen LogP contribution in [0.2, 0.25) is 0 Å². The van der Waals surface area contributed by atoms with Crippen molar-refractivity contribution in [3.05, 3.63) is 12.7 Å². The van der Waals surface area contributed by atoms with Crippen LogP contribution in [0.25, 0.3) is 11.2 Å². The van der Waals surface area contributed by atoms with E-state index < -0.39 is 18.5 Å². The fraction of sp³-hybridized carbons (Fsp3) is 0.444. The zero-order valence-corrected chi connectivity index (χ0v) is 8.69. The van der Waals surface area contributed by atoms with Crippen molar-refractivity contribution in [2.75, 3.05) is 12.3 Å². The summed E-state index contributed by atoms with van der Waals surface area (Å²) in [5, 5.41) is 9.30. The van der Waals surface area contributed by atoms with E-state index >= 15 is 0 Å². The van der Waals surface area contributed by atoms with Gasteiger partial charge in [0.05, 0.1) is 12.9 Å². The maximum atomic E-state index is 13.7. The second kappa shape index (κ2) is 3.60. The van der Waals surface area contributed by atoms with E-state index in [2.05, 4.69) is 15.0 Å². The third-order valence-corrected chi connectivity index (χ3v) is 2.74. The highest BCUT2D eigenvalue weighted by Crippen LogP contribution is 2.29. The molecule has 17 heavy (non-hydrogen) atoms. The van der Waals surface area contributed by atoms with Gasteiger partial charge in [-0.2, -0.15) is 0 Å². The highest BCUT2D eigenvalue weighted by molar-refractivity contribution is 5.81. The first-order valence-corrected chi connectivity index (χ1v) is 5.05. The number of anilines is 1. The average molecular weight is 239 g/mol. The first kappa shape index (κ1) is 10.4. The van der Waals surface area contributed by atoms with Crippen LogP contribution in [0.3, 0.4) is 0 Å². The lowest BCUT2D eigenvalue weighted by Crippen LogP contribution is -2.23. The summed E-state index contributed by atoms with van der Waals surface area (Å²) in [5.41, 5.74) is 6.40. The number of nitrogens with zero attached hydrogens (tertiary/aromatic N) is 4. The number of rotatable bonds is 1. The maximum Gasteiger partial charge on any atom is 0.173 e. The summed E-state index contributed by atoms with van der Waals surface area (Å²) in [6, 6.07) is 0. The molecule has 0 amide bonds. The van der Waals surface area contributed by atoms with Crippen molar-refractivity contribution < 1.29 is 14.2 Å². The number of halogens is 1. The van der Waals surface area contributed by atoms with E-state index in [0.717, 1.165) is 0 Å². The summed E-state index contributed by atoms with van der Waals surface area (Å²) in [6.45, 7) is -0.0495. The van der Waals surface area contributed by atoms with E-state index in [9.17, 15) is 9.50 Å². The second-order valence-electron chi connectivity index (χ2n) is 3.82.